The van der Waals surface area contributed by atoms with Crippen LogP contribution in [0.4, 0.5) is 10.1 Å². The predicted molar refractivity (Wildman–Crippen MR) is 138 cm³/mol. The molecule has 0 unspecified atom stereocenters. The van der Waals surface area contributed by atoms with E-state index in [1.54, 1.807) is 13.0 Å². The first kappa shape index (κ1) is 28.8. The van der Waals surface area contributed by atoms with Crippen LogP contribution in [-0.4, -0.2) is 45.8 Å². The van der Waals surface area contributed by atoms with Crippen molar-refractivity contribution in [3.05, 3.63) is 51.1 Å². The highest BCUT2D eigenvalue weighted by molar-refractivity contribution is 6.34. The number of hydrogen-bond acceptors (Lipinski definition) is 8. The number of cyclic esters (lactones) is 1. The number of carbonyl (C=O) groups is 3. The van der Waals surface area contributed by atoms with Gasteiger partial charge in [-0.15, -0.1) is 0 Å². The van der Waals surface area contributed by atoms with Gasteiger partial charge in [0.1, 0.15) is 17.4 Å². The summed E-state index contributed by atoms with van der Waals surface area (Å²) in [6.07, 6.45) is 2.51. The van der Waals surface area contributed by atoms with Crippen molar-refractivity contribution < 1.29 is 42.5 Å². The van der Waals surface area contributed by atoms with Crippen molar-refractivity contribution in [2.24, 2.45) is 0 Å². The third-order valence-electron chi connectivity index (χ3n) is 6.11. The monoisotopic (exact) mass is 549 g/mol. The Morgan fingerprint density at radius 2 is 1.79 bits per heavy atom. The lowest BCUT2D eigenvalue weighted by molar-refractivity contribution is -0.134. The summed E-state index contributed by atoms with van der Waals surface area (Å²) in [6, 6.07) is 3.10. The second-order valence-electron chi connectivity index (χ2n) is 8.47. The van der Waals surface area contributed by atoms with E-state index < -0.39 is 24.5 Å². The minimum atomic E-state index is -1.25. The molecule has 0 saturated heterocycles. The Morgan fingerprint density at radius 1 is 1.11 bits per heavy atom. The molecule has 2 aromatic rings. The number of methoxy groups -OCH3 is 3. The molecule has 0 aliphatic carbocycles. The summed E-state index contributed by atoms with van der Waals surface area (Å²) in [5.74, 6) is -0.722. The van der Waals surface area contributed by atoms with Crippen LogP contribution in [0.15, 0.2) is 23.8 Å². The maximum atomic E-state index is 13.0. The van der Waals surface area contributed by atoms with E-state index >= 15 is 0 Å². The molecule has 0 atom stereocenters. The molecular weight excluding hydrogens is 521 g/mol. The van der Waals surface area contributed by atoms with Crippen LogP contribution in [0.2, 0.25) is 5.02 Å². The largest absolute Gasteiger partial charge is 0.496 e. The summed E-state index contributed by atoms with van der Waals surface area (Å²) in [5, 5.41) is 2.61. The predicted octanol–water partition coefficient (Wildman–Crippen LogP) is 5.13. The van der Waals surface area contributed by atoms with E-state index in [9.17, 15) is 18.8 Å². The van der Waals surface area contributed by atoms with Crippen molar-refractivity contribution in [2.45, 2.75) is 39.7 Å². The van der Waals surface area contributed by atoms with Crippen molar-refractivity contribution >= 4 is 35.1 Å². The zero-order chi connectivity index (χ0) is 28.0. The van der Waals surface area contributed by atoms with Crippen molar-refractivity contribution in [1.29, 1.82) is 0 Å². The van der Waals surface area contributed by atoms with Crippen molar-refractivity contribution in [3.8, 4) is 23.0 Å². The number of halogens is 2. The number of allylic oxidation sites excluding steroid dienone is 2. The van der Waals surface area contributed by atoms with Gasteiger partial charge in [-0.3, -0.25) is 9.59 Å². The Bertz CT molecular complexity index is 1290. The lowest BCUT2D eigenvalue weighted by Gasteiger charge is -2.19. The van der Waals surface area contributed by atoms with Crippen LogP contribution >= 0.6 is 11.6 Å². The van der Waals surface area contributed by atoms with Gasteiger partial charge in [0.2, 0.25) is 0 Å². The van der Waals surface area contributed by atoms with Crippen molar-refractivity contribution in [1.82, 2.24) is 0 Å². The topological polar surface area (TPSA) is 109 Å². The van der Waals surface area contributed by atoms with E-state index in [0.29, 0.717) is 34.6 Å². The Kier molecular flexibility index (Phi) is 9.57. The van der Waals surface area contributed by atoms with Crippen molar-refractivity contribution in [3.63, 3.8) is 0 Å². The minimum Gasteiger partial charge on any atom is -0.496 e. The summed E-state index contributed by atoms with van der Waals surface area (Å²) >= 11 is 6.28. The molecule has 0 aromatic heterocycles. The second-order valence-corrected chi connectivity index (χ2v) is 8.84. The average molecular weight is 550 g/mol. The maximum Gasteiger partial charge on any atom is 0.341 e. The molecule has 1 aliphatic rings. The number of carbonyl (C=O) groups excluding carboxylic acids is 3. The summed E-state index contributed by atoms with van der Waals surface area (Å²) in [5.41, 5.74) is 2.99. The van der Waals surface area contributed by atoms with Gasteiger partial charge < -0.3 is 29.0 Å². The molecule has 0 radical (unpaired) electrons. The van der Waals surface area contributed by atoms with Crippen LogP contribution in [0.25, 0.3) is 0 Å². The molecule has 3 rings (SSSR count). The van der Waals surface area contributed by atoms with E-state index in [4.69, 9.17) is 35.3 Å². The molecule has 0 saturated carbocycles. The number of alkyl halides is 1. The SMILES string of the molecule is COc1ccc(OC(=O)CC/C(C)=C/Cc2c(NC(=O)CF)c3c(c(C)c2OC)COC3=O)c(Cl)c1OC. The fraction of sp³-hybridized carbons (Fsp3) is 0.370. The number of fused-ring (bicyclic) bond motifs is 1. The van der Waals surface area contributed by atoms with Gasteiger partial charge in [-0.2, -0.15) is 0 Å². The van der Waals surface area contributed by atoms with E-state index in [0.717, 1.165) is 5.57 Å². The maximum absolute atomic E-state index is 13.0. The number of amides is 1. The molecule has 1 amide bonds. The molecule has 9 nitrogen and oxygen atoms in total. The summed E-state index contributed by atoms with van der Waals surface area (Å²) < 4.78 is 39.6. The number of rotatable bonds is 11. The summed E-state index contributed by atoms with van der Waals surface area (Å²) in [4.78, 5) is 36.8. The van der Waals surface area contributed by atoms with Gasteiger partial charge in [0.25, 0.3) is 5.91 Å². The van der Waals surface area contributed by atoms with Gasteiger partial charge in [0, 0.05) is 17.5 Å². The first-order chi connectivity index (χ1) is 18.2. The normalized spacial score (nSPS) is 12.5. The highest BCUT2D eigenvalue weighted by atomic mass is 35.5. The van der Waals surface area contributed by atoms with Crippen LogP contribution in [0.1, 0.15) is 46.8 Å². The lowest BCUT2D eigenvalue weighted by atomic mass is 9.93. The third kappa shape index (κ3) is 6.02. The fourth-order valence-corrected chi connectivity index (χ4v) is 4.44. The number of anilines is 1. The quantitative estimate of drug-likeness (QED) is 0.233. The van der Waals surface area contributed by atoms with E-state index in [-0.39, 0.29) is 47.2 Å². The molecule has 204 valence electrons. The Balaban J connectivity index is 1.78. The number of nitrogens with one attached hydrogen (secondary N) is 1. The third-order valence-corrected chi connectivity index (χ3v) is 6.47. The van der Waals surface area contributed by atoms with Gasteiger partial charge in [-0.25, -0.2) is 9.18 Å². The van der Waals surface area contributed by atoms with Gasteiger partial charge >= 0.3 is 11.9 Å². The Hall–Kier alpha value is -3.79. The molecule has 11 heteroatoms. The fourth-order valence-electron chi connectivity index (χ4n) is 4.16. The zero-order valence-corrected chi connectivity index (χ0v) is 22.5. The molecule has 0 spiro atoms. The van der Waals surface area contributed by atoms with Gasteiger partial charge in [-0.1, -0.05) is 23.3 Å². The van der Waals surface area contributed by atoms with Crippen LogP contribution < -0.4 is 24.3 Å². The standard InChI is InChI=1S/C27H29ClFNO8/c1-14(7-11-21(32)38-18-9-10-19(34-3)26(36-5)23(18)28)6-8-16-24(30-20(31)12-29)22-17(13-37-27(22)33)15(2)25(16)35-4/h6,9-10H,7-8,11-13H2,1-5H3,(H,30,31)/b14-6+. The smallest absolute Gasteiger partial charge is 0.341 e. The van der Waals surface area contributed by atoms with Crippen molar-refractivity contribution in [2.75, 3.05) is 33.3 Å². The number of benzene rings is 2. The Labute approximate surface area is 224 Å². The molecule has 1 N–H and O–H groups in total. The van der Waals surface area contributed by atoms with E-state index in [2.05, 4.69) is 5.32 Å². The lowest BCUT2D eigenvalue weighted by Crippen LogP contribution is -2.18. The van der Waals surface area contributed by atoms with Gasteiger partial charge in [-0.05, 0) is 44.4 Å². The second kappa shape index (κ2) is 12.6. The first-order valence-electron chi connectivity index (χ1n) is 11.7. The highest BCUT2D eigenvalue weighted by Gasteiger charge is 2.32. The average Bonchev–Trinajstić information content (AvgIpc) is 3.30. The van der Waals surface area contributed by atoms with E-state index in [1.165, 1.54) is 27.4 Å². The first-order valence-corrected chi connectivity index (χ1v) is 12.1. The number of hydrogen-bond donors (Lipinski definition) is 1. The number of ether oxygens (including phenoxy) is 5. The van der Waals surface area contributed by atoms with E-state index in [1.807, 2.05) is 13.0 Å². The molecule has 38 heavy (non-hydrogen) atoms. The van der Waals surface area contributed by atoms with Crippen LogP contribution in [-0.2, 0) is 27.4 Å². The zero-order valence-electron chi connectivity index (χ0n) is 21.8. The molecule has 1 heterocycles. The summed E-state index contributed by atoms with van der Waals surface area (Å²) in [6.45, 7) is 2.41. The minimum absolute atomic E-state index is 0.0379. The molecule has 2 aromatic carbocycles. The number of esters is 2. The Morgan fingerprint density at radius 3 is 2.42 bits per heavy atom. The highest BCUT2D eigenvalue weighted by Crippen LogP contribution is 2.42. The molecule has 0 fully saturated rings. The van der Waals surface area contributed by atoms with Gasteiger partial charge in [0.15, 0.2) is 23.9 Å². The molecular formula is C27H29ClFNO8. The van der Waals surface area contributed by atoms with Crippen LogP contribution in [0.5, 0.6) is 23.0 Å². The van der Waals surface area contributed by atoms with Gasteiger partial charge in [0.05, 0.1) is 32.6 Å². The molecule has 0 bridgehead atoms. The summed E-state index contributed by atoms with van der Waals surface area (Å²) in [7, 11) is 4.37. The van der Waals surface area contributed by atoms with Crippen LogP contribution in [0.3, 0.4) is 0 Å². The van der Waals surface area contributed by atoms with Crippen LogP contribution in [0, 0.1) is 6.92 Å². The molecule has 1 aliphatic heterocycles.